The largest absolute Gasteiger partial charge is 0.467 e. The first kappa shape index (κ1) is 8.63. The van der Waals surface area contributed by atoms with E-state index in [1.54, 1.807) is 0 Å². The van der Waals surface area contributed by atoms with E-state index in [4.69, 9.17) is 0 Å². The minimum atomic E-state index is -1.82. The van der Waals surface area contributed by atoms with Crippen molar-refractivity contribution in [2.24, 2.45) is 0 Å². The lowest BCUT2D eigenvalue weighted by molar-refractivity contribution is -0.155. The van der Waals surface area contributed by atoms with Crippen LogP contribution in [-0.4, -0.2) is 29.5 Å². The van der Waals surface area contributed by atoms with Gasteiger partial charge in [-0.3, -0.25) is 4.18 Å². The standard InChI is InChI=1S/C5H8O5S/c1-5(4(6)8-2)3-9-11(7)10-5/h3H2,1-2H3/t5-,11+/m0/s1. The van der Waals surface area contributed by atoms with Gasteiger partial charge in [-0.15, -0.1) is 0 Å². The van der Waals surface area contributed by atoms with E-state index >= 15 is 0 Å². The summed E-state index contributed by atoms with van der Waals surface area (Å²) in [6.07, 6.45) is 0. The van der Waals surface area contributed by atoms with Gasteiger partial charge in [-0.2, -0.15) is 4.21 Å². The minimum Gasteiger partial charge on any atom is -0.467 e. The topological polar surface area (TPSA) is 61.8 Å². The highest BCUT2D eigenvalue weighted by atomic mass is 32.2. The summed E-state index contributed by atoms with van der Waals surface area (Å²) in [5.41, 5.74) is -1.21. The second kappa shape index (κ2) is 2.88. The SMILES string of the molecule is COC(=O)[C@]1(C)CO[S@@](=O)O1. The summed E-state index contributed by atoms with van der Waals surface area (Å²) in [6, 6.07) is 0. The third-order valence-corrected chi connectivity index (χ3v) is 2.11. The molecule has 1 saturated heterocycles. The molecule has 5 nitrogen and oxygen atoms in total. The fourth-order valence-electron chi connectivity index (χ4n) is 0.668. The van der Waals surface area contributed by atoms with E-state index in [2.05, 4.69) is 13.1 Å². The number of ether oxygens (including phenoxy) is 1. The lowest BCUT2D eigenvalue weighted by atomic mass is 10.1. The molecule has 0 unspecified atom stereocenters. The van der Waals surface area contributed by atoms with Crippen molar-refractivity contribution in [3.05, 3.63) is 0 Å². The number of carbonyl (C=O) groups is 1. The van der Waals surface area contributed by atoms with E-state index in [9.17, 15) is 9.00 Å². The molecular formula is C5H8O5S. The highest BCUT2D eigenvalue weighted by Crippen LogP contribution is 2.22. The summed E-state index contributed by atoms with van der Waals surface area (Å²) in [5, 5.41) is 0. The van der Waals surface area contributed by atoms with E-state index in [1.165, 1.54) is 14.0 Å². The van der Waals surface area contributed by atoms with Gasteiger partial charge in [0.15, 0.2) is 0 Å². The normalized spacial score (nSPS) is 37.1. The van der Waals surface area contributed by atoms with Crippen molar-refractivity contribution in [1.82, 2.24) is 0 Å². The summed E-state index contributed by atoms with van der Waals surface area (Å²) in [5.74, 6) is -0.580. The maximum Gasteiger partial charge on any atom is 0.341 e. The zero-order chi connectivity index (χ0) is 8.48. The molecule has 0 N–H and O–H groups in total. The fourth-order valence-corrected chi connectivity index (χ4v) is 1.45. The minimum absolute atomic E-state index is 0.0354. The molecule has 6 heteroatoms. The Kier molecular flexibility index (Phi) is 2.26. The Hall–Kier alpha value is -0.460. The molecule has 1 aliphatic rings. The predicted molar refractivity (Wildman–Crippen MR) is 35.6 cm³/mol. The lowest BCUT2D eigenvalue weighted by Gasteiger charge is -2.14. The van der Waals surface area contributed by atoms with Crippen molar-refractivity contribution in [2.75, 3.05) is 13.7 Å². The Morgan fingerprint density at radius 1 is 1.73 bits per heavy atom. The van der Waals surface area contributed by atoms with Crippen LogP contribution in [0.1, 0.15) is 6.92 Å². The Bertz CT molecular complexity index is 203. The predicted octanol–water partition coefficient (Wildman–Crippen LogP) is -0.456. The van der Waals surface area contributed by atoms with Crippen molar-refractivity contribution in [2.45, 2.75) is 12.5 Å². The van der Waals surface area contributed by atoms with Gasteiger partial charge in [-0.1, -0.05) is 0 Å². The Morgan fingerprint density at radius 2 is 2.36 bits per heavy atom. The van der Waals surface area contributed by atoms with Crippen LogP contribution in [0.15, 0.2) is 0 Å². The average Bonchev–Trinajstić information content (AvgIpc) is 2.31. The molecule has 2 atom stereocenters. The molecule has 0 aromatic carbocycles. The van der Waals surface area contributed by atoms with E-state index in [0.29, 0.717) is 0 Å². The summed E-state index contributed by atoms with van der Waals surface area (Å²) >= 11 is -1.82. The number of esters is 1. The van der Waals surface area contributed by atoms with Crippen LogP contribution >= 0.6 is 0 Å². The molecule has 11 heavy (non-hydrogen) atoms. The van der Waals surface area contributed by atoms with Gasteiger partial charge in [0.1, 0.15) is 6.61 Å². The lowest BCUT2D eigenvalue weighted by Crippen LogP contribution is -2.38. The van der Waals surface area contributed by atoms with Gasteiger partial charge in [-0.05, 0) is 6.92 Å². The number of rotatable bonds is 1. The van der Waals surface area contributed by atoms with Gasteiger partial charge in [0.05, 0.1) is 7.11 Å². The molecule has 1 fully saturated rings. The maximum atomic E-state index is 10.9. The van der Waals surface area contributed by atoms with Crippen LogP contribution in [-0.2, 0) is 29.3 Å². The molecule has 1 heterocycles. The summed E-state index contributed by atoms with van der Waals surface area (Å²) < 4.78 is 24.2. The first-order valence-corrected chi connectivity index (χ1v) is 3.91. The van der Waals surface area contributed by atoms with Crippen LogP contribution < -0.4 is 0 Å². The monoisotopic (exact) mass is 180 g/mol. The van der Waals surface area contributed by atoms with Crippen LogP contribution in [0, 0.1) is 0 Å². The average molecular weight is 180 g/mol. The molecular weight excluding hydrogens is 172 g/mol. The highest BCUT2D eigenvalue weighted by molar-refractivity contribution is 7.75. The molecule has 0 spiro atoms. The van der Waals surface area contributed by atoms with Gasteiger partial charge in [0.2, 0.25) is 5.60 Å². The van der Waals surface area contributed by atoms with Crippen molar-refractivity contribution in [3.63, 3.8) is 0 Å². The Balaban J connectivity index is 2.69. The molecule has 64 valence electrons. The molecule has 0 amide bonds. The van der Waals surface area contributed by atoms with Crippen LogP contribution in [0.4, 0.5) is 0 Å². The molecule has 1 rings (SSSR count). The van der Waals surface area contributed by atoms with Gasteiger partial charge < -0.3 is 4.74 Å². The zero-order valence-electron chi connectivity index (χ0n) is 6.16. The first-order chi connectivity index (χ1) is 5.08. The fraction of sp³-hybridized carbons (Fsp3) is 0.800. The molecule has 1 aliphatic heterocycles. The van der Waals surface area contributed by atoms with Gasteiger partial charge in [0, 0.05) is 0 Å². The highest BCUT2D eigenvalue weighted by Gasteiger charge is 2.44. The van der Waals surface area contributed by atoms with Crippen molar-refractivity contribution < 1.29 is 22.1 Å². The van der Waals surface area contributed by atoms with Crippen molar-refractivity contribution in [3.8, 4) is 0 Å². The van der Waals surface area contributed by atoms with Crippen LogP contribution in [0.5, 0.6) is 0 Å². The van der Waals surface area contributed by atoms with Gasteiger partial charge in [-0.25, -0.2) is 8.98 Å². The molecule has 0 saturated carbocycles. The quantitative estimate of drug-likeness (QED) is 0.511. The van der Waals surface area contributed by atoms with E-state index in [0.717, 1.165) is 0 Å². The molecule has 0 aromatic heterocycles. The van der Waals surface area contributed by atoms with E-state index in [-0.39, 0.29) is 6.61 Å². The first-order valence-electron chi connectivity index (χ1n) is 2.91. The van der Waals surface area contributed by atoms with Gasteiger partial charge in [0.25, 0.3) is 0 Å². The second-order valence-corrected chi connectivity index (χ2v) is 3.08. The molecule has 0 aromatic rings. The molecule has 0 radical (unpaired) electrons. The van der Waals surface area contributed by atoms with E-state index in [1.807, 2.05) is 0 Å². The zero-order valence-corrected chi connectivity index (χ0v) is 6.97. The summed E-state index contributed by atoms with van der Waals surface area (Å²) in [6.45, 7) is 1.43. The molecule has 0 aliphatic carbocycles. The number of carbonyl (C=O) groups excluding carboxylic acids is 1. The Labute approximate surface area is 66.5 Å². The molecule has 0 bridgehead atoms. The van der Waals surface area contributed by atoms with Crippen LogP contribution in [0.25, 0.3) is 0 Å². The van der Waals surface area contributed by atoms with E-state index < -0.39 is 22.9 Å². The third-order valence-electron chi connectivity index (χ3n) is 1.30. The van der Waals surface area contributed by atoms with Crippen molar-refractivity contribution in [1.29, 1.82) is 0 Å². The van der Waals surface area contributed by atoms with Crippen LogP contribution in [0.2, 0.25) is 0 Å². The summed E-state index contributed by atoms with van der Waals surface area (Å²) in [4.78, 5) is 10.9. The maximum absolute atomic E-state index is 10.9. The number of methoxy groups -OCH3 is 1. The summed E-state index contributed by atoms with van der Waals surface area (Å²) in [7, 11) is 1.23. The van der Waals surface area contributed by atoms with Gasteiger partial charge >= 0.3 is 17.3 Å². The van der Waals surface area contributed by atoms with Crippen molar-refractivity contribution >= 4 is 17.3 Å². The number of hydrogen-bond donors (Lipinski definition) is 0. The third kappa shape index (κ3) is 1.58. The smallest absolute Gasteiger partial charge is 0.341 e. The Morgan fingerprint density at radius 3 is 2.73 bits per heavy atom. The number of hydrogen-bond acceptors (Lipinski definition) is 5. The van der Waals surface area contributed by atoms with Crippen LogP contribution in [0.3, 0.4) is 0 Å². The second-order valence-electron chi connectivity index (χ2n) is 2.27.